The predicted molar refractivity (Wildman–Crippen MR) is 111 cm³/mol. The van der Waals surface area contributed by atoms with Crippen molar-refractivity contribution in [1.82, 2.24) is 5.32 Å². The van der Waals surface area contributed by atoms with E-state index in [1.54, 1.807) is 24.3 Å². The van der Waals surface area contributed by atoms with Crippen LogP contribution in [0, 0.1) is 0 Å². The minimum atomic E-state index is -1.03. The number of carbonyl (C=O) groups excluding carboxylic acids is 1. The van der Waals surface area contributed by atoms with Gasteiger partial charge in [0.15, 0.2) is 11.5 Å². The molecule has 30 heavy (non-hydrogen) atoms. The summed E-state index contributed by atoms with van der Waals surface area (Å²) >= 11 is 0. The van der Waals surface area contributed by atoms with Gasteiger partial charge in [0.2, 0.25) is 5.75 Å². The molecule has 0 unspecified atom stereocenters. The fourth-order valence-corrected chi connectivity index (χ4v) is 2.93. The molecule has 1 amide bonds. The average Bonchev–Trinajstić information content (AvgIpc) is 2.71. The quantitative estimate of drug-likeness (QED) is 0.610. The second-order valence-electron chi connectivity index (χ2n) is 6.77. The lowest BCUT2D eigenvalue weighted by Crippen LogP contribution is -2.30. The first-order valence-corrected chi connectivity index (χ1v) is 9.38. The van der Waals surface area contributed by atoms with Gasteiger partial charge in [0.1, 0.15) is 5.75 Å². The third-order valence-electron chi connectivity index (χ3n) is 4.27. The summed E-state index contributed by atoms with van der Waals surface area (Å²) in [4.78, 5) is 24.2. The van der Waals surface area contributed by atoms with E-state index in [-0.39, 0.29) is 18.1 Å². The number of aliphatic carboxylic acids is 1. The molecule has 8 nitrogen and oxygen atoms in total. The first-order chi connectivity index (χ1) is 14.3. The van der Waals surface area contributed by atoms with E-state index in [1.165, 1.54) is 33.5 Å². The molecule has 0 bridgehead atoms. The lowest BCUT2D eigenvalue weighted by atomic mass is 10.0. The zero-order valence-electron chi connectivity index (χ0n) is 17.7. The van der Waals surface area contributed by atoms with Gasteiger partial charge in [-0.05, 0) is 43.7 Å². The highest BCUT2D eigenvalue weighted by molar-refractivity contribution is 5.96. The van der Waals surface area contributed by atoms with Gasteiger partial charge in [-0.25, -0.2) is 0 Å². The second kappa shape index (κ2) is 10.4. The summed E-state index contributed by atoms with van der Waals surface area (Å²) in [5, 5.41) is 12.1. The number of carbonyl (C=O) groups is 2. The normalized spacial score (nSPS) is 11.5. The molecule has 2 aromatic rings. The van der Waals surface area contributed by atoms with Gasteiger partial charge in [-0.1, -0.05) is 12.1 Å². The highest BCUT2D eigenvalue weighted by atomic mass is 16.5. The molecular formula is C22H27NO7. The zero-order valence-corrected chi connectivity index (χ0v) is 17.7. The number of nitrogens with one attached hydrogen (secondary N) is 1. The van der Waals surface area contributed by atoms with Crippen molar-refractivity contribution >= 4 is 11.9 Å². The molecule has 0 radical (unpaired) electrons. The number of methoxy groups -OCH3 is 3. The maximum absolute atomic E-state index is 12.9. The molecule has 0 aliphatic rings. The molecule has 0 aromatic heterocycles. The van der Waals surface area contributed by atoms with Crippen LogP contribution < -0.4 is 24.3 Å². The first-order valence-electron chi connectivity index (χ1n) is 9.38. The SMILES string of the molecule is COc1cc(C(=O)N[C@@H](CC(=O)O)c2ccc(OC(C)C)cc2)cc(OC)c1OC. The van der Waals surface area contributed by atoms with Crippen molar-refractivity contribution in [1.29, 1.82) is 0 Å². The van der Waals surface area contributed by atoms with Crippen molar-refractivity contribution in [2.24, 2.45) is 0 Å². The average molecular weight is 417 g/mol. The van der Waals surface area contributed by atoms with Crippen molar-refractivity contribution in [2.45, 2.75) is 32.4 Å². The summed E-state index contributed by atoms with van der Waals surface area (Å²) in [6.07, 6.45) is -0.258. The Kier molecular flexibility index (Phi) is 7.91. The van der Waals surface area contributed by atoms with Gasteiger partial charge in [0.05, 0.1) is 39.9 Å². The number of benzene rings is 2. The number of ether oxygens (including phenoxy) is 4. The molecule has 0 aliphatic heterocycles. The van der Waals surface area contributed by atoms with E-state index >= 15 is 0 Å². The number of hydrogen-bond acceptors (Lipinski definition) is 6. The maximum atomic E-state index is 12.9. The van der Waals surface area contributed by atoms with Gasteiger partial charge in [-0.2, -0.15) is 0 Å². The highest BCUT2D eigenvalue weighted by Gasteiger charge is 2.22. The third-order valence-corrected chi connectivity index (χ3v) is 4.27. The molecule has 2 rings (SSSR count). The third kappa shape index (κ3) is 5.79. The Balaban J connectivity index is 2.30. The Labute approximate surface area is 175 Å². The number of hydrogen-bond donors (Lipinski definition) is 2. The van der Waals surface area contributed by atoms with Crippen LogP contribution in [0.4, 0.5) is 0 Å². The molecular weight excluding hydrogens is 390 g/mol. The van der Waals surface area contributed by atoms with Crippen molar-refractivity contribution in [3.8, 4) is 23.0 Å². The van der Waals surface area contributed by atoms with E-state index in [0.717, 1.165) is 0 Å². The van der Waals surface area contributed by atoms with Gasteiger partial charge < -0.3 is 29.4 Å². The van der Waals surface area contributed by atoms with Gasteiger partial charge in [-0.15, -0.1) is 0 Å². The van der Waals surface area contributed by atoms with E-state index in [0.29, 0.717) is 28.6 Å². The van der Waals surface area contributed by atoms with Crippen LogP contribution in [-0.2, 0) is 4.79 Å². The Morgan fingerprint density at radius 2 is 1.53 bits per heavy atom. The van der Waals surface area contributed by atoms with Crippen molar-refractivity contribution in [3.63, 3.8) is 0 Å². The van der Waals surface area contributed by atoms with Crippen LogP contribution in [-0.4, -0.2) is 44.4 Å². The van der Waals surface area contributed by atoms with Crippen LogP contribution in [0.1, 0.15) is 42.2 Å². The Morgan fingerprint density at radius 1 is 0.967 bits per heavy atom. The molecule has 8 heteroatoms. The van der Waals surface area contributed by atoms with Crippen LogP contribution in [0.2, 0.25) is 0 Å². The first kappa shape index (κ1) is 22.9. The molecule has 1 atom stereocenters. The minimum Gasteiger partial charge on any atom is -0.493 e. The standard InChI is InChI=1S/C22H27NO7/c1-13(2)30-16-8-6-14(7-9-16)17(12-20(24)25)23-22(26)15-10-18(27-3)21(29-5)19(11-15)28-4/h6-11,13,17H,12H2,1-5H3,(H,23,26)(H,24,25)/t17-/m0/s1. The Morgan fingerprint density at radius 3 is 1.97 bits per heavy atom. The summed E-state index contributed by atoms with van der Waals surface area (Å²) in [6.45, 7) is 3.83. The molecule has 0 saturated heterocycles. The van der Waals surface area contributed by atoms with Crippen LogP contribution in [0.15, 0.2) is 36.4 Å². The van der Waals surface area contributed by atoms with E-state index in [1.807, 2.05) is 13.8 Å². The molecule has 162 valence electrons. The van der Waals surface area contributed by atoms with Crippen molar-refractivity contribution in [2.75, 3.05) is 21.3 Å². The lowest BCUT2D eigenvalue weighted by molar-refractivity contribution is -0.137. The molecule has 2 N–H and O–H groups in total. The fraction of sp³-hybridized carbons (Fsp3) is 0.364. The molecule has 0 fully saturated rings. The summed E-state index contributed by atoms with van der Waals surface area (Å²) in [5.74, 6) is 0.174. The van der Waals surface area contributed by atoms with Crippen LogP contribution in [0.3, 0.4) is 0 Å². The summed E-state index contributed by atoms with van der Waals surface area (Å²) in [7, 11) is 4.37. The van der Waals surface area contributed by atoms with Crippen molar-refractivity contribution < 1.29 is 33.6 Å². The molecule has 0 aliphatic carbocycles. The maximum Gasteiger partial charge on any atom is 0.305 e. The fourth-order valence-electron chi connectivity index (χ4n) is 2.93. The number of rotatable bonds is 10. The molecule has 2 aromatic carbocycles. The van der Waals surface area contributed by atoms with Gasteiger partial charge >= 0.3 is 5.97 Å². The van der Waals surface area contributed by atoms with Crippen LogP contribution in [0.25, 0.3) is 0 Å². The van der Waals surface area contributed by atoms with Gasteiger partial charge in [-0.3, -0.25) is 9.59 Å². The monoisotopic (exact) mass is 417 g/mol. The number of carboxylic acids is 1. The lowest BCUT2D eigenvalue weighted by Gasteiger charge is -2.19. The minimum absolute atomic E-state index is 0.0189. The summed E-state index contributed by atoms with van der Waals surface area (Å²) in [6, 6.07) is 9.25. The molecule has 0 saturated carbocycles. The summed E-state index contributed by atoms with van der Waals surface area (Å²) < 4.78 is 21.4. The van der Waals surface area contributed by atoms with Gasteiger partial charge in [0, 0.05) is 5.56 Å². The van der Waals surface area contributed by atoms with Gasteiger partial charge in [0.25, 0.3) is 5.91 Å². The highest BCUT2D eigenvalue weighted by Crippen LogP contribution is 2.38. The van der Waals surface area contributed by atoms with E-state index in [2.05, 4.69) is 5.32 Å². The number of amides is 1. The summed E-state index contributed by atoms with van der Waals surface area (Å²) in [5.41, 5.74) is 0.897. The number of carboxylic acid groups (broad SMARTS) is 1. The van der Waals surface area contributed by atoms with E-state index < -0.39 is 17.9 Å². The largest absolute Gasteiger partial charge is 0.493 e. The smallest absolute Gasteiger partial charge is 0.305 e. The zero-order chi connectivity index (χ0) is 22.3. The van der Waals surface area contributed by atoms with Crippen LogP contribution >= 0.6 is 0 Å². The van der Waals surface area contributed by atoms with Crippen LogP contribution in [0.5, 0.6) is 23.0 Å². The van der Waals surface area contributed by atoms with E-state index in [9.17, 15) is 14.7 Å². The second-order valence-corrected chi connectivity index (χ2v) is 6.77. The molecule has 0 heterocycles. The Bertz CT molecular complexity index is 853. The van der Waals surface area contributed by atoms with E-state index in [4.69, 9.17) is 18.9 Å². The van der Waals surface area contributed by atoms with Crippen molar-refractivity contribution in [3.05, 3.63) is 47.5 Å². The molecule has 0 spiro atoms. The Hall–Kier alpha value is -3.42. The topological polar surface area (TPSA) is 103 Å². The predicted octanol–water partition coefficient (Wildman–Crippen LogP) is 3.45.